The molecule has 0 atom stereocenters. The van der Waals surface area contributed by atoms with E-state index in [1.807, 2.05) is 6.07 Å². The van der Waals surface area contributed by atoms with Gasteiger partial charge in [-0.2, -0.15) is 0 Å². The molecule has 0 saturated carbocycles. The third-order valence-corrected chi connectivity index (χ3v) is 3.63. The zero-order valence-corrected chi connectivity index (χ0v) is 12.7. The number of carbonyl (C=O) groups excluding carboxylic acids is 1. The normalized spacial score (nSPS) is 10.4. The van der Waals surface area contributed by atoms with Gasteiger partial charge in [-0.3, -0.25) is 4.79 Å². The Kier molecular flexibility index (Phi) is 4.33. The first-order valence-corrected chi connectivity index (χ1v) is 6.86. The van der Waals surface area contributed by atoms with Crippen LogP contribution < -0.4 is 0 Å². The maximum absolute atomic E-state index is 12.3. The van der Waals surface area contributed by atoms with E-state index in [-0.39, 0.29) is 21.4 Å². The van der Waals surface area contributed by atoms with Crippen LogP contribution in [0.3, 0.4) is 0 Å². The van der Waals surface area contributed by atoms with Crippen molar-refractivity contribution >= 4 is 56.5 Å². The van der Waals surface area contributed by atoms with Crippen LogP contribution in [0.15, 0.2) is 40.9 Å². The molecule has 0 unspecified atom stereocenters. The highest BCUT2D eigenvalue weighted by Crippen LogP contribution is 2.31. The second-order valence-electron chi connectivity index (χ2n) is 3.58. The fourth-order valence-electron chi connectivity index (χ4n) is 1.53. The Bertz CT molecular complexity index is 602. The van der Waals surface area contributed by atoms with Gasteiger partial charge in [0.25, 0.3) is 0 Å². The maximum atomic E-state index is 12.3. The predicted molar refractivity (Wildman–Crippen MR) is 79.0 cm³/mol. The molecular formula is C13H6BrCl3O. The molecule has 5 heteroatoms. The third-order valence-electron chi connectivity index (χ3n) is 2.32. The lowest BCUT2D eigenvalue weighted by Gasteiger charge is -2.07. The van der Waals surface area contributed by atoms with E-state index in [1.54, 1.807) is 18.2 Å². The number of ketones is 1. The van der Waals surface area contributed by atoms with Crippen LogP contribution in [0.4, 0.5) is 0 Å². The van der Waals surface area contributed by atoms with Gasteiger partial charge in [-0.1, -0.05) is 62.9 Å². The highest BCUT2D eigenvalue weighted by atomic mass is 79.9. The third kappa shape index (κ3) is 2.89. The summed E-state index contributed by atoms with van der Waals surface area (Å²) in [6.07, 6.45) is 0. The quantitative estimate of drug-likeness (QED) is 0.630. The molecule has 0 aliphatic rings. The maximum Gasteiger partial charge on any atom is 0.196 e. The molecule has 92 valence electrons. The number of rotatable bonds is 2. The van der Waals surface area contributed by atoms with E-state index >= 15 is 0 Å². The molecule has 0 fully saturated rings. The molecular weight excluding hydrogens is 358 g/mol. The Morgan fingerprint density at radius 3 is 2.17 bits per heavy atom. The Morgan fingerprint density at radius 2 is 1.61 bits per heavy atom. The topological polar surface area (TPSA) is 17.1 Å². The van der Waals surface area contributed by atoms with Gasteiger partial charge in [0.1, 0.15) is 0 Å². The van der Waals surface area contributed by atoms with E-state index in [1.165, 1.54) is 12.1 Å². The average molecular weight is 364 g/mol. The summed E-state index contributed by atoms with van der Waals surface area (Å²) >= 11 is 21.2. The molecule has 0 N–H and O–H groups in total. The summed E-state index contributed by atoms with van der Waals surface area (Å²) in [4.78, 5) is 12.3. The number of carbonyl (C=O) groups is 1. The molecule has 0 aliphatic carbocycles. The zero-order valence-electron chi connectivity index (χ0n) is 8.88. The molecule has 0 heterocycles. The fourth-order valence-corrected chi connectivity index (χ4v) is 2.92. The van der Waals surface area contributed by atoms with E-state index in [2.05, 4.69) is 15.9 Å². The number of hydrogen-bond acceptors (Lipinski definition) is 1. The molecule has 0 aliphatic heterocycles. The van der Waals surface area contributed by atoms with E-state index < -0.39 is 0 Å². The predicted octanol–water partition coefficient (Wildman–Crippen LogP) is 5.64. The van der Waals surface area contributed by atoms with Crippen LogP contribution in [0.5, 0.6) is 0 Å². The number of benzene rings is 2. The van der Waals surface area contributed by atoms with Crippen LogP contribution in [0, 0.1) is 0 Å². The second-order valence-corrected chi connectivity index (χ2v) is 5.75. The lowest BCUT2D eigenvalue weighted by molar-refractivity contribution is 0.103. The monoisotopic (exact) mass is 362 g/mol. The van der Waals surface area contributed by atoms with Gasteiger partial charge in [-0.25, -0.2) is 0 Å². The second kappa shape index (κ2) is 5.62. The molecule has 2 rings (SSSR count). The van der Waals surface area contributed by atoms with Crippen LogP contribution in [0.2, 0.25) is 15.1 Å². The molecule has 0 radical (unpaired) electrons. The van der Waals surface area contributed by atoms with Crippen molar-refractivity contribution in [2.75, 3.05) is 0 Å². The average Bonchev–Trinajstić information content (AvgIpc) is 2.27. The van der Waals surface area contributed by atoms with E-state index in [9.17, 15) is 4.79 Å². The summed E-state index contributed by atoms with van der Waals surface area (Å²) in [5, 5.41) is 0.894. The minimum atomic E-state index is -0.233. The summed E-state index contributed by atoms with van der Waals surface area (Å²) < 4.78 is 0.814. The van der Waals surface area contributed by atoms with Gasteiger partial charge >= 0.3 is 0 Å². The van der Waals surface area contributed by atoms with Crippen LogP contribution >= 0.6 is 50.7 Å². The molecule has 18 heavy (non-hydrogen) atoms. The van der Waals surface area contributed by atoms with Crippen molar-refractivity contribution in [3.05, 3.63) is 67.1 Å². The Labute approximate surface area is 128 Å². The van der Waals surface area contributed by atoms with E-state index in [0.717, 1.165) is 4.47 Å². The first kappa shape index (κ1) is 13.9. The Hall–Kier alpha value is -0.540. The Balaban J connectivity index is 2.53. The van der Waals surface area contributed by atoms with Crippen molar-refractivity contribution in [3.8, 4) is 0 Å². The summed E-state index contributed by atoms with van der Waals surface area (Å²) in [6, 6.07) is 10.0. The van der Waals surface area contributed by atoms with E-state index in [0.29, 0.717) is 10.6 Å². The first-order chi connectivity index (χ1) is 8.49. The molecule has 1 nitrogen and oxygen atoms in total. The SMILES string of the molecule is O=C(c1cccc(Br)c1)c1c(Cl)cc(Cl)cc1Cl. The lowest BCUT2D eigenvalue weighted by Crippen LogP contribution is -2.03. The van der Waals surface area contributed by atoms with Crippen LogP contribution in [0.1, 0.15) is 15.9 Å². The minimum absolute atomic E-state index is 0.233. The van der Waals surface area contributed by atoms with Gasteiger partial charge in [-0.15, -0.1) is 0 Å². The van der Waals surface area contributed by atoms with Crippen molar-refractivity contribution in [2.45, 2.75) is 0 Å². The molecule has 2 aromatic carbocycles. The summed E-state index contributed by atoms with van der Waals surface area (Å²) in [6.45, 7) is 0. The molecule has 0 spiro atoms. The van der Waals surface area contributed by atoms with Crippen LogP contribution in [0.25, 0.3) is 0 Å². The van der Waals surface area contributed by atoms with Gasteiger partial charge in [0, 0.05) is 15.1 Å². The highest BCUT2D eigenvalue weighted by molar-refractivity contribution is 9.10. The van der Waals surface area contributed by atoms with E-state index in [4.69, 9.17) is 34.8 Å². The van der Waals surface area contributed by atoms with Crippen LogP contribution in [-0.4, -0.2) is 5.78 Å². The molecule has 2 aromatic rings. The van der Waals surface area contributed by atoms with Gasteiger partial charge in [0.15, 0.2) is 5.78 Å². The van der Waals surface area contributed by atoms with Gasteiger partial charge in [0.2, 0.25) is 0 Å². The smallest absolute Gasteiger partial charge is 0.196 e. The number of halogens is 4. The fraction of sp³-hybridized carbons (Fsp3) is 0. The van der Waals surface area contributed by atoms with Crippen LogP contribution in [-0.2, 0) is 0 Å². The van der Waals surface area contributed by atoms with Crippen molar-refractivity contribution in [3.63, 3.8) is 0 Å². The van der Waals surface area contributed by atoms with Crippen molar-refractivity contribution in [1.29, 1.82) is 0 Å². The number of hydrogen-bond donors (Lipinski definition) is 0. The summed E-state index contributed by atoms with van der Waals surface area (Å²) in [5.41, 5.74) is 0.774. The first-order valence-electron chi connectivity index (χ1n) is 4.94. The summed E-state index contributed by atoms with van der Waals surface area (Å²) in [7, 11) is 0. The lowest BCUT2D eigenvalue weighted by atomic mass is 10.0. The highest BCUT2D eigenvalue weighted by Gasteiger charge is 2.17. The van der Waals surface area contributed by atoms with Gasteiger partial charge < -0.3 is 0 Å². The standard InChI is InChI=1S/C13H6BrCl3O/c14-8-3-1-2-7(4-8)13(18)12-10(16)5-9(15)6-11(12)17/h1-6H. The van der Waals surface area contributed by atoms with Gasteiger partial charge in [-0.05, 0) is 24.3 Å². The largest absolute Gasteiger partial charge is 0.288 e. The zero-order chi connectivity index (χ0) is 13.3. The molecule has 0 aromatic heterocycles. The van der Waals surface area contributed by atoms with Crippen molar-refractivity contribution in [2.24, 2.45) is 0 Å². The van der Waals surface area contributed by atoms with Crippen molar-refractivity contribution in [1.82, 2.24) is 0 Å². The minimum Gasteiger partial charge on any atom is -0.288 e. The summed E-state index contributed by atoms with van der Waals surface area (Å²) in [5.74, 6) is -0.233. The molecule has 0 bridgehead atoms. The Morgan fingerprint density at radius 1 is 1.00 bits per heavy atom. The van der Waals surface area contributed by atoms with Crippen molar-refractivity contribution < 1.29 is 4.79 Å². The molecule has 0 amide bonds. The molecule has 0 saturated heterocycles. The van der Waals surface area contributed by atoms with Gasteiger partial charge in [0.05, 0.1) is 15.6 Å².